The van der Waals surface area contributed by atoms with Gasteiger partial charge >= 0.3 is 5.63 Å². The van der Waals surface area contributed by atoms with Crippen molar-refractivity contribution in [2.24, 2.45) is 4.99 Å². The minimum absolute atomic E-state index is 0.0422. The van der Waals surface area contributed by atoms with Crippen molar-refractivity contribution in [2.75, 3.05) is 24.5 Å². The van der Waals surface area contributed by atoms with Crippen molar-refractivity contribution in [3.8, 4) is 0 Å². The van der Waals surface area contributed by atoms with Crippen molar-refractivity contribution in [3.63, 3.8) is 0 Å². The lowest BCUT2D eigenvalue weighted by Crippen LogP contribution is -2.44. The van der Waals surface area contributed by atoms with Gasteiger partial charge in [-0.3, -0.25) is 4.99 Å². The lowest BCUT2D eigenvalue weighted by Gasteiger charge is -2.48. The molecule has 1 atom stereocenters. The first kappa shape index (κ1) is 21.6. The summed E-state index contributed by atoms with van der Waals surface area (Å²) in [5, 5.41) is 2.00. The average Bonchev–Trinajstić information content (AvgIpc) is 2.83. The highest BCUT2D eigenvalue weighted by atomic mass is 32.2. The molecule has 168 valence electrons. The first-order valence-corrected chi connectivity index (χ1v) is 12.5. The quantitative estimate of drug-likeness (QED) is 0.505. The van der Waals surface area contributed by atoms with Crippen LogP contribution in [0.25, 0.3) is 11.0 Å². The Morgan fingerprint density at radius 2 is 1.84 bits per heavy atom. The molecule has 0 amide bonds. The van der Waals surface area contributed by atoms with Crippen LogP contribution in [0.5, 0.6) is 0 Å². The molecule has 32 heavy (non-hydrogen) atoms. The number of thioether (sulfide) groups is 1. The number of hydrogen-bond donors (Lipinski definition) is 0. The highest BCUT2D eigenvalue weighted by Crippen LogP contribution is 2.51. The van der Waals surface area contributed by atoms with Crippen LogP contribution in [0.15, 0.2) is 50.6 Å². The summed E-state index contributed by atoms with van der Waals surface area (Å²) in [5.41, 5.74) is 4.97. The Kier molecular flexibility index (Phi) is 5.16. The molecule has 4 heterocycles. The normalized spacial score (nSPS) is 25.8. The SMILES string of the molecule is C[C@@H]1/C=C\C=C/CN=C(c2cc3cc4c5c(c3oc2=O)C(C)(C)CCN5CCC4(C)C)S1. The van der Waals surface area contributed by atoms with E-state index in [0.717, 1.165) is 41.9 Å². The lowest BCUT2D eigenvalue weighted by atomic mass is 9.69. The monoisotopic (exact) mass is 448 g/mol. The molecule has 0 radical (unpaired) electrons. The van der Waals surface area contributed by atoms with E-state index < -0.39 is 0 Å². The van der Waals surface area contributed by atoms with Crippen molar-refractivity contribution in [1.29, 1.82) is 0 Å². The first-order chi connectivity index (χ1) is 15.2. The van der Waals surface area contributed by atoms with Crippen molar-refractivity contribution in [2.45, 2.75) is 63.5 Å². The van der Waals surface area contributed by atoms with Crippen LogP contribution in [0.2, 0.25) is 0 Å². The zero-order chi connectivity index (χ0) is 22.7. The van der Waals surface area contributed by atoms with Crippen molar-refractivity contribution >= 4 is 33.5 Å². The van der Waals surface area contributed by atoms with Crippen molar-refractivity contribution in [3.05, 3.63) is 63.5 Å². The highest BCUT2D eigenvalue weighted by Gasteiger charge is 2.42. The second-order valence-electron chi connectivity index (χ2n) is 10.6. The Morgan fingerprint density at radius 1 is 1.09 bits per heavy atom. The number of anilines is 1. The summed E-state index contributed by atoms with van der Waals surface area (Å²) in [5.74, 6) is 0. The lowest BCUT2D eigenvalue weighted by molar-refractivity contribution is 0.398. The fraction of sp³-hybridized carbons (Fsp3) is 0.481. The number of aliphatic imine (C=N–C) groups is 1. The third-order valence-corrected chi connectivity index (χ3v) is 8.33. The van der Waals surface area contributed by atoms with Gasteiger partial charge < -0.3 is 9.32 Å². The van der Waals surface area contributed by atoms with E-state index in [-0.39, 0.29) is 21.7 Å². The predicted octanol–water partition coefficient (Wildman–Crippen LogP) is 5.96. The van der Waals surface area contributed by atoms with Gasteiger partial charge in [-0.2, -0.15) is 0 Å². The summed E-state index contributed by atoms with van der Waals surface area (Å²) >= 11 is 1.61. The van der Waals surface area contributed by atoms with Crippen LogP contribution >= 0.6 is 11.8 Å². The highest BCUT2D eigenvalue weighted by molar-refractivity contribution is 8.15. The van der Waals surface area contributed by atoms with Crippen LogP contribution in [0, 0.1) is 0 Å². The van der Waals surface area contributed by atoms with Gasteiger partial charge in [-0.1, -0.05) is 63.8 Å². The van der Waals surface area contributed by atoms with Crippen LogP contribution in [0.4, 0.5) is 5.69 Å². The molecule has 5 rings (SSSR count). The van der Waals surface area contributed by atoms with E-state index in [4.69, 9.17) is 9.41 Å². The van der Waals surface area contributed by atoms with Crippen LogP contribution in [0.3, 0.4) is 0 Å². The van der Waals surface area contributed by atoms with Crippen LogP contribution in [-0.4, -0.2) is 29.9 Å². The van der Waals surface area contributed by atoms with Gasteiger partial charge in [-0.25, -0.2) is 4.79 Å². The molecular weight excluding hydrogens is 416 g/mol. The topological polar surface area (TPSA) is 45.8 Å². The molecular formula is C27H32N2O2S. The molecule has 0 aliphatic carbocycles. The predicted molar refractivity (Wildman–Crippen MR) is 137 cm³/mol. The molecule has 0 unspecified atom stereocenters. The minimum atomic E-state index is -0.289. The molecule has 5 heteroatoms. The smallest absolute Gasteiger partial charge is 0.346 e. The number of nitrogens with zero attached hydrogens (tertiary/aromatic N) is 2. The van der Waals surface area contributed by atoms with Gasteiger partial charge in [0.1, 0.15) is 10.6 Å². The van der Waals surface area contributed by atoms with E-state index in [0.29, 0.717) is 12.1 Å². The summed E-state index contributed by atoms with van der Waals surface area (Å²) in [4.78, 5) is 20.5. The number of hydrogen-bond acceptors (Lipinski definition) is 5. The maximum atomic E-state index is 13.3. The summed E-state index contributed by atoms with van der Waals surface area (Å²) in [6.07, 6.45) is 10.4. The molecule has 0 fully saturated rings. The van der Waals surface area contributed by atoms with E-state index in [1.165, 1.54) is 16.8 Å². The van der Waals surface area contributed by atoms with Crippen LogP contribution in [-0.2, 0) is 10.8 Å². The molecule has 1 aromatic carbocycles. The van der Waals surface area contributed by atoms with Gasteiger partial charge in [0.15, 0.2) is 0 Å². The molecule has 0 spiro atoms. The van der Waals surface area contributed by atoms with Crippen LogP contribution < -0.4 is 10.5 Å². The number of benzene rings is 1. The average molecular weight is 449 g/mol. The molecule has 2 aromatic rings. The zero-order valence-corrected chi connectivity index (χ0v) is 20.5. The number of allylic oxidation sites excluding steroid dienone is 2. The van der Waals surface area contributed by atoms with E-state index in [9.17, 15) is 4.79 Å². The molecule has 0 saturated carbocycles. The second-order valence-corrected chi connectivity index (χ2v) is 11.9. The molecule has 0 saturated heterocycles. The molecule has 3 aliphatic rings. The zero-order valence-electron chi connectivity index (χ0n) is 19.7. The van der Waals surface area contributed by atoms with Gasteiger partial charge in [-0.15, -0.1) is 0 Å². The summed E-state index contributed by atoms with van der Waals surface area (Å²) in [6.45, 7) is 14.0. The molecule has 0 N–H and O–H groups in total. The maximum Gasteiger partial charge on any atom is 0.346 e. The third-order valence-electron chi connectivity index (χ3n) is 7.23. The maximum absolute atomic E-state index is 13.3. The number of rotatable bonds is 1. The summed E-state index contributed by atoms with van der Waals surface area (Å²) in [6, 6.07) is 4.30. The minimum Gasteiger partial charge on any atom is -0.422 e. The standard InChI is InChI=1S/C27H32N2O2S/c1-17-9-7-6-8-12-28-24(32-17)19-15-18-16-20-22-21(23(18)31-25(19)30)27(4,5)11-14-29(22)13-10-26(20,2)3/h6-9,15-17H,10-14H2,1-5H3/b8-6-,9-7-,28-24?/t17-/m1/s1. The Labute approximate surface area is 194 Å². The Morgan fingerprint density at radius 3 is 2.62 bits per heavy atom. The van der Waals surface area contributed by atoms with E-state index in [1.807, 2.05) is 24.3 Å². The van der Waals surface area contributed by atoms with Gasteiger partial charge in [0, 0.05) is 35.0 Å². The third kappa shape index (κ3) is 3.55. The van der Waals surface area contributed by atoms with Crippen molar-refractivity contribution in [1.82, 2.24) is 0 Å². The molecule has 0 bridgehead atoms. The van der Waals surface area contributed by atoms with E-state index >= 15 is 0 Å². The van der Waals surface area contributed by atoms with Gasteiger partial charge in [0.05, 0.1) is 12.1 Å². The Balaban J connectivity index is 1.77. The Hall–Kier alpha value is -2.27. The summed E-state index contributed by atoms with van der Waals surface area (Å²) < 4.78 is 6.15. The van der Waals surface area contributed by atoms with Gasteiger partial charge in [0.25, 0.3) is 0 Å². The van der Waals surface area contributed by atoms with Crippen molar-refractivity contribution < 1.29 is 4.42 Å². The van der Waals surface area contributed by atoms with Gasteiger partial charge in [0.2, 0.25) is 0 Å². The van der Waals surface area contributed by atoms with E-state index in [2.05, 4.69) is 51.7 Å². The largest absolute Gasteiger partial charge is 0.422 e. The second kappa shape index (κ2) is 7.65. The number of fused-ring (bicyclic) bond motifs is 2. The fourth-order valence-electron chi connectivity index (χ4n) is 5.20. The first-order valence-electron chi connectivity index (χ1n) is 11.6. The molecule has 1 aromatic heterocycles. The Bertz CT molecular complexity index is 1230. The molecule has 3 aliphatic heterocycles. The van der Waals surface area contributed by atoms with Gasteiger partial charge in [-0.05, 0) is 48.3 Å². The fourth-order valence-corrected chi connectivity index (χ4v) is 6.14. The molecule has 4 nitrogen and oxygen atoms in total. The summed E-state index contributed by atoms with van der Waals surface area (Å²) in [7, 11) is 0. The van der Waals surface area contributed by atoms with Crippen LogP contribution in [0.1, 0.15) is 64.2 Å². The van der Waals surface area contributed by atoms with E-state index in [1.54, 1.807) is 11.8 Å².